The molecule has 17 heavy (non-hydrogen) atoms. The van der Waals surface area contributed by atoms with E-state index in [0.717, 1.165) is 18.4 Å². The smallest absolute Gasteiger partial charge is 0.214 e. The molecule has 0 aliphatic heterocycles. The summed E-state index contributed by atoms with van der Waals surface area (Å²) < 4.78 is 31.1. The highest BCUT2D eigenvalue weighted by Gasteiger charge is 2.25. The van der Waals surface area contributed by atoms with Crippen molar-refractivity contribution in [1.29, 1.82) is 0 Å². The van der Waals surface area contributed by atoms with E-state index in [1.165, 1.54) is 12.7 Å². The molecule has 1 aliphatic carbocycles. The molecule has 0 fully saturated rings. The molecule has 94 valence electrons. The zero-order chi connectivity index (χ0) is 12.3. The largest absolute Gasteiger partial charge is 0.384 e. The van der Waals surface area contributed by atoms with Crippen molar-refractivity contribution in [3.05, 3.63) is 35.4 Å². The summed E-state index contributed by atoms with van der Waals surface area (Å²) in [6, 6.07) is 7.90. The molecule has 0 bridgehead atoms. The number of hydrogen-bond donors (Lipinski definition) is 1. The Kier molecular flexibility index (Phi) is 3.81. The highest BCUT2D eigenvalue weighted by atomic mass is 32.2. The highest BCUT2D eigenvalue weighted by molar-refractivity contribution is 7.89. The molecule has 1 aromatic rings. The first kappa shape index (κ1) is 12.5. The van der Waals surface area contributed by atoms with Crippen LogP contribution in [-0.2, 0) is 21.2 Å². The molecule has 5 heteroatoms. The molecule has 0 spiro atoms. The van der Waals surface area contributed by atoms with Crippen molar-refractivity contribution in [2.45, 2.75) is 18.9 Å². The third-order valence-electron chi connectivity index (χ3n) is 3.01. The van der Waals surface area contributed by atoms with Gasteiger partial charge in [0.1, 0.15) is 0 Å². The first-order chi connectivity index (χ1) is 8.12. The molecule has 2 rings (SSSR count). The van der Waals surface area contributed by atoms with Gasteiger partial charge in [0.2, 0.25) is 10.0 Å². The number of hydrogen-bond acceptors (Lipinski definition) is 3. The van der Waals surface area contributed by atoms with Gasteiger partial charge in [-0.15, -0.1) is 0 Å². The summed E-state index contributed by atoms with van der Waals surface area (Å²) in [6.45, 7) is 0.226. The fourth-order valence-electron chi connectivity index (χ4n) is 2.15. The van der Waals surface area contributed by atoms with Crippen LogP contribution >= 0.6 is 0 Å². The molecule has 0 saturated carbocycles. The van der Waals surface area contributed by atoms with Crippen molar-refractivity contribution in [2.75, 3.05) is 19.5 Å². The van der Waals surface area contributed by atoms with E-state index in [4.69, 9.17) is 4.74 Å². The zero-order valence-corrected chi connectivity index (χ0v) is 10.7. The van der Waals surface area contributed by atoms with Gasteiger partial charge in [0, 0.05) is 13.2 Å². The van der Waals surface area contributed by atoms with E-state index in [1.807, 2.05) is 18.2 Å². The van der Waals surface area contributed by atoms with Crippen molar-refractivity contribution >= 4 is 10.0 Å². The molecule has 0 aromatic heterocycles. The van der Waals surface area contributed by atoms with E-state index >= 15 is 0 Å². The minimum Gasteiger partial charge on any atom is -0.384 e. The minimum absolute atomic E-state index is 0.0160. The Morgan fingerprint density at radius 3 is 2.94 bits per heavy atom. The second-order valence-electron chi connectivity index (χ2n) is 4.22. The summed E-state index contributed by atoms with van der Waals surface area (Å²) in [4.78, 5) is 0. The molecule has 0 saturated heterocycles. The standard InChI is InChI=1S/C12H17NO3S/c1-16-8-9-17(14,15)13-12-7-6-10-4-2-3-5-11(10)12/h2-5,12-13H,6-9H2,1H3/t12-/m1/s1. The highest BCUT2D eigenvalue weighted by Crippen LogP contribution is 2.31. The lowest BCUT2D eigenvalue weighted by Crippen LogP contribution is -2.31. The Morgan fingerprint density at radius 1 is 1.41 bits per heavy atom. The van der Waals surface area contributed by atoms with Crippen LogP contribution in [0.1, 0.15) is 23.6 Å². The van der Waals surface area contributed by atoms with E-state index in [-0.39, 0.29) is 18.4 Å². The Morgan fingerprint density at radius 2 is 2.18 bits per heavy atom. The lowest BCUT2D eigenvalue weighted by Gasteiger charge is -2.14. The van der Waals surface area contributed by atoms with Gasteiger partial charge in [-0.05, 0) is 24.0 Å². The van der Waals surface area contributed by atoms with Gasteiger partial charge in [-0.3, -0.25) is 0 Å². The Labute approximate surface area is 102 Å². The molecule has 4 nitrogen and oxygen atoms in total. The van der Waals surface area contributed by atoms with Gasteiger partial charge in [0.05, 0.1) is 12.4 Å². The maximum absolute atomic E-state index is 11.8. The molecular formula is C12H17NO3S. The van der Waals surface area contributed by atoms with Crippen LogP contribution in [0.5, 0.6) is 0 Å². The number of benzene rings is 1. The minimum atomic E-state index is -3.24. The van der Waals surface area contributed by atoms with Crippen LogP contribution in [0.3, 0.4) is 0 Å². The number of sulfonamides is 1. The van der Waals surface area contributed by atoms with Gasteiger partial charge >= 0.3 is 0 Å². The summed E-state index contributed by atoms with van der Waals surface area (Å²) >= 11 is 0. The van der Waals surface area contributed by atoms with E-state index in [1.54, 1.807) is 0 Å². The first-order valence-electron chi connectivity index (χ1n) is 5.69. The second kappa shape index (κ2) is 5.16. The van der Waals surface area contributed by atoms with E-state index in [2.05, 4.69) is 10.8 Å². The third-order valence-corrected chi connectivity index (χ3v) is 4.36. The van der Waals surface area contributed by atoms with Crippen LogP contribution in [0.4, 0.5) is 0 Å². The predicted octanol–water partition coefficient (Wildman–Crippen LogP) is 1.24. The van der Waals surface area contributed by atoms with Crippen LogP contribution < -0.4 is 4.72 Å². The van der Waals surface area contributed by atoms with Gasteiger partial charge in [-0.25, -0.2) is 13.1 Å². The molecule has 0 unspecified atom stereocenters. The summed E-state index contributed by atoms with van der Waals surface area (Å²) in [7, 11) is -1.74. The van der Waals surface area contributed by atoms with Gasteiger partial charge < -0.3 is 4.74 Å². The number of nitrogens with one attached hydrogen (secondary N) is 1. The normalized spacial score (nSPS) is 19.2. The molecular weight excluding hydrogens is 238 g/mol. The van der Waals surface area contributed by atoms with E-state index in [0.29, 0.717) is 0 Å². The Hall–Kier alpha value is -0.910. The Balaban J connectivity index is 2.07. The molecule has 0 amide bonds. The molecule has 1 N–H and O–H groups in total. The van der Waals surface area contributed by atoms with Crippen molar-refractivity contribution in [1.82, 2.24) is 4.72 Å². The predicted molar refractivity (Wildman–Crippen MR) is 66.3 cm³/mol. The van der Waals surface area contributed by atoms with Crippen molar-refractivity contribution in [3.8, 4) is 0 Å². The average Bonchev–Trinajstić information content (AvgIpc) is 2.70. The van der Waals surface area contributed by atoms with Crippen molar-refractivity contribution < 1.29 is 13.2 Å². The lowest BCUT2D eigenvalue weighted by atomic mass is 10.1. The monoisotopic (exact) mass is 255 g/mol. The molecule has 0 radical (unpaired) electrons. The lowest BCUT2D eigenvalue weighted by molar-refractivity contribution is 0.216. The average molecular weight is 255 g/mol. The third kappa shape index (κ3) is 3.06. The van der Waals surface area contributed by atoms with E-state index < -0.39 is 10.0 Å². The summed E-state index contributed by atoms with van der Waals surface area (Å²) in [5.41, 5.74) is 2.35. The van der Waals surface area contributed by atoms with Crippen molar-refractivity contribution in [3.63, 3.8) is 0 Å². The number of ether oxygens (including phenoxy) is 1. The summed E-state index contributed by atoms with van der Waals surface area (Å²) in [6.07, 6.45) is 1.78. The Bertz CT molecular complexity index is 484. The molecule has 0 heterocycles. The summed E-state index contributed by atoms with van der Waals surface area (Å²) in [5.74, 6) is 0.0160. The van der Waals surface area contributed by atoms with Gasteiger partial charge in [-0.1, -0.05) is 24.3 Å². The number of fused-ring (bicyclic) bond motifs is 1. The molecule has 1 atom stereocenters. The SMILES string of the molecule is COCCS(=O)(=O)N[C@@H]1CCc2ccccc21. The van der Waals surface area contributed by atoms with Crippen LogP contribution in [0.2, 0.25) is 0 Å². The maximum Gasteiger partial charge on any atom is 0.214 e. The quantitative estimate of drug-likeness (QED) is 0.861. The molecule has 1 aliphatic rings. The van der Waals surface area contributed by atoms with Gasteiger partial charge in [0.25, 0.3) is 0 Å². The van der Waals surface area contributed by atoms with Gasteiger partial charge in [-0.2, -0.15) is 0 Å². The number of rotatable bonds is 5. The molecule has 1 aromatic carbocycles. The van der Waals surface area contributed by atoms with Crippen molar-refractivity contribution in [2.24, 2.45) is 0 Å². The fourth-order valence-corrected chi connectivity index (χ4v) is 3.33. The van der Waals surface area contributed by atoms with Crippen LogP contribution in [0, 0.1) is 0 Å². The van der Waals surface area contributed by atoms with Crippen LogP contribution in [0.25, 0.3) is 0 Å². The van der Waals surface area contributed by atoms with E-state index in [9.17, 15) is 8.42 Å². The zero-order valence-electron chi connectivity index (χ0n) is 9.85. The maximum atomic E-state index is 11.8. The number of aryl methyl sites for hydroxylation is 1. The fraction of sp³-hybridized carbons (Fsp3) is 0.500. The van der Waals surface area contributed by atoms with Crippen LogP contribution in [0.15, 0.2) is 24.3 Å². The second-order valence-corrected chi connectivity index (χ2v) is 6.09. The topological polar surface area (TPSA) is 55.4 Å². The number of methoxy groups -OCH3 is 1. The summed E-state index contributed by atoms with van der Waals surface area (Å²) in [5, 5.41) is 0. The first-order valence-corrected chi connectivity index (χ1v) is 7.34. The van der Waals surface area contributed by atoms with Gasteiger partial charge in [0.15, 0.2) is 0 Å². The van der Waals surface area contributed by atoms with Crippen LogP contribution in [-0.4, -0.2) is 27.9 Å².